The molecule has 1 aromatic carbocycles. The van der Waals surface area contributed by atoms with E-state index in [4.69, 9.17) is 0 Å². The lowest BCUT2D eigenvalue weighted by atomic mass is 9.75. The van der Waals surface area contributed by atoms with Gasteiger partial charge in [0.05, 0.1) is 5.41 Å². The van der Waals surface area contributed by atoms with E-state index in [9.17, 15) is 14.4 Å². The molecule has 3 amide bonds. The van der Waals surface area contributed by atoms with E-state index >= 15 is 0 Å². The first kappa shape index (κ1) is 19.0. The fourth-order valence-electron chi connectivity index (χ4n) is 5.32. The zero-order chi connectivity index (χ0) is 19.7. The molecule has 6 heteroatoms. The molecule has 2 atom stereocenters. The van der Waals surface area contributed by atoms with Crippen LogP contribution in [0.25, 0.3) is 0 Å². The lowest BCUT2D eigenvalue weighted by Crippen LogP contribution is -2.51. The van der Waals surface area contributed by atoms with Gasteiger partial charge in [-0.3, -0.25) is 14.4 Å². The van der Waals surface area contributed by atoms with Crippen molar-refractivity contribution in [2.75, 3.05) is 32.7 Å². The van der Waals surface area contributed by atoms with Crippen molar-refractivity contribution in [3.8, 4) is 0 Å². The van der Waals surface area contributed by atoms with Gasteiger partial charge in [0.15, 0.2) is 0 Å². The molecule has 3 heterocycles. The van der Waals surface area contributed by atoms with Crippen molar-refractivity contribution in [2.24, 2.45) is 5.41 Å². The standard InChI is InChI=1S/C22H29N3O3/c1-17(26)25-16-11-22(21(28)24-12-5-6-13-24)10-15-23(14-9-19(22)25)20(27)18-7-3-2-4-8-18/h2-4,7-8,19H,5-6,9-16H2,1H3/t19-,22+/m0/s1. The molecule has 0 N–H and O–H groups in total. The Kier molecular flexibility index (Phi) is 5.13. The first-order valence-corrected chi connectivity index (χ1v) is 10.4. The van der Waals surface area contributed by atoms with Gasteiger partial charge in [-0.1, -0.05) is 18.2 Å². The Hall–Kier alpha value is -2.37. The molecular formula is C22H29N3O3. The number of benzene rings is 1. The second-order valence-corrected chi connectivity index (χ2v) is 8.33. The summed E-state index contributed by atoms with van der Waals surface area (Å²) in [7, 11) is 0. The SMILES string of the molecule is CC(=O)N1CC[C@]2(C(=O)N3CCCC3)CCN(C(=O)c3ccccc3)CC[C@H]12. The summed E-state index contributed by atoms with van der Waals surface area (Å²) >= 11 is 0. The highest BCUT2D eigenvalue weighted by molar-refractivity contribution is 5.94. The maximum Gasteiger partial charge on any atom is 0.253 e. The third-order valence-electron chi connectivity index (χ3n) is 6.84. The van der Waals surface area contributed by atoms with Gasteiger partial charge in [-0.05, 0) is 44.2 Å². The number of fused-ring (bicyclic) bond motifs is 1. The molecule has 0 aromatic heterocycles. The van der Waals surface area contributed by atoms with Crippen LogP contribution >= 0.6 is 0 Å². The van der Waals surface area contributed by atoms with Crippen LogP contribution in [0, 0.1) is 5.41 Å². The molecule has 0 bridgehead atoms. The first-order valence-electron chi connectivity index (χ1n) is 10.4. The maximum absolute atomic E-state index is 13.6. The van der Waals surface area contributed by atoms with Gasteiger partial charge in [-0.25, -0.2) is 0 Å². The maximum atomic E-state index is 13.6. The van der Waals surface area contributed by atoms with E-state index < -0.39 is 5.41 Å². The van der Waals surface area contributed by atoms with Gasteiger partial charge in [0, 0.05) is 51.3 Å². The Balaban J connectivity index is 1.60. The molecule has 1 aromatic rings. The molecule has 3 saturated heterocycles. The van der Waals surface area contributed by atoms with Crippen LogP contribution in [-0.4, -0.2) is 71.2 Å². The molecule has 4 rings (SSSR count). The van der Waals surface area contributed by atoms with Gasteiger partial charge in [-0.15, -0.1) is 0 Å². The van der Waals surface area contributed by atoms with E-state index in [0.29, 0.717) is 44.5 Å². The Morgan fingerprint density at radius 1 is 0.893 bits per heavy atom. The minimum absolute atomic E-state index is 0.0127. The van der Waals surface area contributed by atoms with Gasteiger partial charge < -0.3 is 14.7 Å². The van der Waals surface area contributed by atoms with Crippen LogP contribution in [0.4, 0.5) is 0 Å². The van der Waals surface area contributed by atoms with E-state index in [0.717, 1.165) is 25.9 Å². The molecular weight excluding hydrogens is 354 g/mol. The largest absolute Gasteiger partial charge is 0.342 e. The lowest BCUT2D eigenvalue weighted by Gasteiger charge is -2.37. The monoisotopic (exact) mass is 383 g/mol. The zero-order valence-corrected chi connectivity index (χ0v) is 16.6. The molecule has 0 saturated carbocycles. The van der Waals surface area contributed by atoms with Gasteiger partial charge in [0.25, 0.3) is 5.91 Å². The number of hydrogen-bond acceptors (Lipinski definition) is 3. The van der Waals surface area contributed by atoms with Gasteiger partial charge in [0.1, 0.15) is 0 Å². The summed E-state index contributed by atoms with van der Waals surface area (Å²) in [6.07, 6.45) is 4.12. The van der Waals surface area contributed by atoms with Crippen LogP contribution in [0.15, 0.2) is 30.3 Å². The fourth-order valence-corrected chi connectivity index (χ4v) is 5.32. The summed E-state index contributed by atoms with van der Waals surface area (Å²) in [4.78, 5) is 44.5. The molecule has 0 spiro atoms. The molecule has 3 fully saturated rings. The molecule has 0 unspecified atom stereocenters. The minimum Gasteiger partial charge on any atom is -0.342 e. The lowest BCUT2D eigenvalue weighted by molar-refractivity contribution is -0.144. The highest BCUT2D eigenvalue weighted by atomic mass is 16.2. The number of rotatable bonds is 2. The van der Waals surface area contributed by atoms with Crippen LogP contribution < -0.4 is 0 Å². The third-order valence-corrected chi connectivity index (χ3v) is 6.84. The van der Waals surface area contributed by atoms with Crippen molar-refractivity contribution in [1.82, 2.24) is 14.7 Å². The average Bonchev–Trinajstić information content (AvgIpc) is 3.33. The minimum atomic E-state index is -0.540. The fraction of sp³-hybridized carbons (Fsp3) is 0.591. The smallest absolute Gasteiger partial charge is 0.253 e. The number of nitrogens with zero attached hydrogens (tertiary/aromatic N) is 3. The van der Waals surface area contributed by atoms with Crippen molar-refractivity contribution in [1.29, 1.82) is 0 Å². The molecule has 28 heavy (non-hydrogen) atoms. The highest BCUT2D eigenvalue weighted by Crippen LogP contribution is 2.45. The Labute approximate surface area is 166 Å². The number of amides is 3. The number of carbonyl (C=O) groups excluding carboxylic acids is 3. The van der Waals surface area contributed by atoms with E-state index in [-0.39, 0.29) is 23.8 Å². The van der Waals surface area contributed by atoms with Crippen molar-refractivity contribution in [3.05, 3.63) is 35.9 Å². The Morgan fingerprint density at radius 2 is 1.57 bits per heavy atom. The second-order valence-electron chi connectivity index (χ2n) is 8.33. The van der Waals surface area contributed by atoms with Crippen LogP contribution in [-0.2, 0) is 9.59 Å². The van der Waals surface area contributed by atoms with Gasteiger partial charge >= 0.3 is 0 Å². The van der Waals surface area contributed by atoms with Gasteiger partial charge in [-0.2, -0.15) is 0 Å². The number of hydrogen-bond donors (Lipinski definition) is 0. The molecule has 6 nitrogen and oxygen atoms in total. The van der Waals surface area contributed by atoms with E-state index in [1.807, 2.05) is 45.0 Å². The predicted octanol–water partition coefficient (Wildman–Crippen LogP) is 2.15. The third kappa shape index (κ3) is 3.19. The van der Waals surface area contributed by atoms with Crippen LogP contribution in [0.2, 0.25) is 0 Å². The summed E-state index contributed by atoms with van der Waals surface area (Å²) < 4.78 is 0. The summed E-state index contributed by atoms with van der Waals surface area (Å²) in [5.41, 5.74) is 0.139. The number of carbonyl (C=O) groups is 3. The topological polar surface area (TPSA) is 60.9 Å². The summed E-state index contributed by atoms with van der Waals surface area (Å²) in [5, 5.41) is 0. The molecule has 0 aliphatic carbocycles. The zero-order valence-electron chi connectivity index (χ0n) is 16.6. The van der Waals surface area contributed by atoms with E-state index in [1.54, 1.807) is 6.92 Å². The molecule has 150 valence electrons. The Bertz CT molecular complexity index is 760. The van der Waals surface area contributed by atoms with Crippen molar-refractivity contribution < 1.29 is 14.4 Å². The van der Waals surface area contributed by atoms with Gasteiger partial charge in [0.2, 0.25) is 11.8 Å². The van der Waals surface area contributed by atoms with Crippen molar-refractivity contribution in [2.45, 2.75) is 45.1 Å². The molecule has 3 aliphatic heterocycles. The van der Waals surface area contributed by atoms with Crippen LogP contribution in [0.3, 0.4) is 0 Å². The van der Waals surface area contributed by atoms with Crippen LogP contribution in [0.5, 0.6) is 0 Å². The first-order chi connectivity index (χ1) is 13.5. The Morgan fingerprint density at radius 3 is 2.25 bits per heavy atom. The summed E-state index contributed by atoms with van der Waals surface area (Å²) in [5.74, 6) is 0.246. The predicted molar refractivity (Wildman–Crippen MR) is 106 cm³/mol. The van der Waals surface area contributed by atoms with E-state index in [1.165, 1.54) is 0 Å². The second kappa shape index (κ2) is 7.57. The van der Waals surface area contributed by atoms with Crippen LogP contribution in [0.1, 0.15) is 49.4 Å². The highest BCUT2D eigenvalue weighted by Gasteiger charge is 2.55. The molecule has 3 aliphatic rings. The van der Waals surface area contributed by atoms with Crippen molar-refractivity contribution >= 4 is 17.7 Å². The normalized spacial score (nSPS) is 27.5. The quantitative estimate of drug-likeness (QED) is 0.786. The number of likely N-dealkylation sites (tertiary alicyclic amines) is 3. The average molecular weight is 383 g/mol. The van der Waals surface area contributed by atoms with Crippen molar-refractivity contribution in [3.63, 3.8) is 0 Å². The summed E-state index contributed by atoms with van der Waals surface area (Å²) in [6, 6.07) is 9.21. The summed E-state index contributed by atoms with van der Waals surface area (Å²) in [6.45, 7) is 5.02. The molecule has 0 radical (unpaired) electrons. The van der Waals surface area contributed by atoms with E-state index in [2.05, 4.69) is 0 Å².